The predicted octanol–water partition coefficient (Wildman–Crippen LogP) is 3.30. The summed E-state index contributed by atoms with van der Waals surface area (Å²) < 4.78 is 11.3. The van der Waals surface area contributed by atoms with Gasteiger partial charge in [-0.25, -0.2) is 0 Å². The Hall–Kier alpha value is -2.21. The van der Waals surface area contributed by atoms with E-state index in [0.29, 0.717) is 28.4 Å². The van der Waals surface area contributed by atoms with Crippen molar-refractivity contribution in [2.24, 2.45) is 0 Å². The lowest BCUT2D eigenvalue weighted by Gasteiger charge is -2.13. The average Bonchev–Trinajstić information content (AvgIpc) is 2.47. The molecule has 5 nitrogen and oxygen atoms in total. The number of rotatable bonds is 4. The van der Waals surface area contributed by atoms with E-state index in [1.807, 2.05) is 0 Å². The van der Waals surface area contributed by atoms with E-state index >= 15 is 0 Å². The van der Waals surface area contributed by atoms with Gasteiger partial charge in [-0.2, -0.15) is 0 Å². The lowest BCUT2D eigenvalue weighted by atomic mass is 10.1. The maximum atomic E-state index is 12.4. The number of benzene rings is 2. The summed E-state index contributed by atoms with van der Waals surface area (Å²) >= 11 is 3.34. The summed E-state index contributed by atoms with van der Waals surface area (Å²) in [4.78, 5) is 12.4. The van der Waals surface area contributed by atoms with Gasteiger partial charge >= 0.3 is 0 Å². The van der Waals surface area contributed by atoms with Gasteiger partial charge in [0.2, 0.25) is 0 Å². The first-order valence-corrected chi connectivity index (χ1v) is 6.93. The van der Waals surface area contributed by atoms with Crippen molar-refractivity contribution >= 4 is 33.2 Å². The maximum Gasteiger partial charge on any atom is 0.259 e. The molecule has 2 aromatic rings. The molecule has 0 fully saturated rings. The van der Waals surface area contributed by atoms with E-state index in [4.69, 9.17) is 15.2 Å². The Morgan fingerprint density at radius 3 is 2.48 bits per heavy atom. The monoisotopic (exact) mass is 350 g/mol. The van der Waals surface area contributed by atoms with Crippen molar-refractivity contribution in [1.29, 1.82) is 0 Å². The molecule has 0 saturated carbocycles. The SMILES string of the molecule is COc1ccc(N)cc1NC(=O)c1ccc(Br)cc1OC. The van der Waals surface area contributed by atoms with E-state index in [9.17, 15) is 4.79 Å². The molecule has 1 amide bonds. The van der Waals surface area contributed by atoms with Crippen LogP contribution >= 0.6 is 15.9 Å². The fraction of sp³-hybridized carbons (Fsp3) is 0.133. The number of ether oxygens (including phenoxy) is 2. The molecule has 2 aromatic carbocycles. The number of nitrogens with two attached hydrogens (primary N) is 1. The Bertz CT molecular complexity index is 674. The summed E-state index contributed by atoms with van der Waals surface area (Å²) in [5.74, 6) is 0.710. The number of methoxy groups -OCH3 is 2. The summed E-state index contributed by atoms with van der Waals surface area (Å²) in [6.45, 7) is 0. The first-order valence-electron chi connectivity index (χ1n) is 6.13. The third kappa shape index (κ3) is 3.46. The zero-order chi connectivity index (χ0) is 15.4. The zero-order valence-corrected chi connectivity index (χ0v) is 13.2. The minimum absolute atomic E-state index is 0.303. The van der Waals surface area contributed by atoms with E-state index in [-0.39, 0.29) is 5.91 Å². The van der Waals surface area contributed by atoms with Crippen molar-refractivity contribution in [3.63, 3.8) is 0 Å². The Morgan fingerprint density at radius 2 is 1.81 bits per heavy atom. The highest BCUT2D eigenvalue weighted by Crippen LogP contribution is 2.29. The second-order valence-corrected chi connectivity index (χ2v) is 5.17. The van der Waals surface area contributed by atoms with Crippen LogP contribution < -0.4 is 20.5 Å². The lowest BCUT2D eigenvalue weighted by Crippen LogP contribution is -2.14. The number of carbonyl (C=O) groups excluding carboxylic acids is 1. The molecule has 0 aliphatic rings. The van der Waals surface area contributed by atoms with E-state index in [0.717, 1.165) is 4.47 Å². The minimum Gasteiger partial charge on any atom is -0.496 e. The standard InChI is InChI=1S/C15H15BrN2O3/c1-20-13-6-4-10(17)8-12(13)18-15(19)11-5-3-9(16)7-14(11)21-2/h3-8H,17H2,1-2H3,(H,18,19). The van der Waals surface area contributed by atoms with Crippen molar-refractivity contribution in [2.75, 3.05) is 25.3 Å². The molecule has 0 bridgehead atoms. The second kappa shape index (κ2) is 6.49. The number of hydrogen-bond donors (Lipinski definition) is 2. The molecule has 0 spiro atoms. The normalized spacial score (nSPS) is 10.0. The van der Waals surface area contributed by atoms with Crippen LogP contribution in [-0.2, 0) is 0 Å². The molecule has 110 valence electrons. The Balaban J connectivity index is 2.32. The van der Waals surface area contributed by atoms with Crippen LogP contribution in [0.5, 0.6) is 11.5 Å². The highest BCUT2D eigenvalue weighted by molar-refractivity contribution is 9.10. The van der Waals surface area contributed by atoms with Crippen molar-refractivity contribution in [1.82, 2.24) is 0 Å². The van der Waals surface area contributed by atoms with Crippen molar-refractivity contribution < 1.29 is 14.3 Å². The molecule has 0 aliphatic carbocycles. The Labute approximate surface area is 131 Å². The number of anilines is 2. The molecular weight excluding hydrogens is 336 g/mol. The van der Waals surface area contributed by atoms with Crippen LogP contribution in [0.4, 0.5) is 11.4 Å². The van der Waals surface area contributed by atoms with Crippen LogP contribution in [0.2, 0.25) is 0 Å². The smallest absolute Gasteiger partial charge is 0.259 e. The van der Waals surface area contributed by atoms with Gasteiger partial charge < -0.3 is 20.5 Å². The highest BCUT2D eigenvalue weighted by Gasteiger charge is 2.15. The predicted molar refractivity (Wildman–Crippen MR) is 86.1 cm³/mol. The van der Waals surface area contributed by atoms with Gasteiger partial charge in [0.05, 0.1) is 25.5 Å². The fourth-order valence-electron chi connectivity index (χ4n) is 1.87. The van der Waals surface area contributed by atoms with Gasteiger partial charge in [-0.05, 0) is 36.4 Å². The second-order valence-electron chi connectivity index (χ2n) is 4.26. The van der Waals surface area contributed by atoms with Crippen molar-refractivity contribution in [3.05, 3.63) is 46.4 Å². The van der Waals surface area contributed by atoms with E-state index < -0.39 is 0 Å². The first kappa shape index (κ1) is 15.2. The summed E-state index contributed by atoms with van der Waals surface area (Å²) in [6.07, 6.45) is 0. The molecule has 0 heterocycles. The summed E-state index contributed by atoms with van der Waals surface area (Å²) in [5, 5.41) is 2.77. The number of hydrogen-bond acceptors (Lipinski definition) is 4. The Morgan fingerprint density at radius 1 is 1.10 bits per heavy atom. The molecule has 0 saturated heterocycles. The largest absolute Gasteiger partial charge is 0.496 e. The zero-order valence-electron chi connectivity index (χ0n) is 11.6. The van der Waals surface area contributed by atoms with Gasteiger partial charge in [-0.15, -0.1) is 0 Å². The van der Waals surface area contributed by atoms with Crippen LogP contribution in [0.1, 0.15) is 10.4 Å². The van der Waals surface area contributed by atoms with Gasteiger partial charge in [0.25, 0.3) is 5.91 Å². The molecule has 0 atom stereocenters. The fourth-order valence-corrected chi connectivity index (χ4v) is 2.21. The molecular formula is C15H15BrN2O3. The van der Waals surface area contributed by atoms with Gasteiger partial charge in [-0.1, -0.05) is 15.9 Å². The maximum absolute atomic E-state index is 12.4. The van der Waals surface area contributed by atoms with Crippen LogP contribution in [0, 0.1) is 0 Å². The van der Waals surface area contributed by atoms with E-state index in [2.05, 4.69) is 21.2 Å². The molecule has 3 N–H and O–H groups in total. The lowest BCUT2D eigenvalue weighted by molar-refractivity contribution is 0.102. The van der Waals surface area contributed by atoms with Crippen LogP contribution in [0.25, 0.3) is 0 Å². The number of carbonyl (C=O) groups is 1. The van der Waals surface area contributed by atoms with Crippen molar-refractivity contribution in [3.8, 4) is 11.5 Å². The quantitative estimate of drug-likeness (QED) is 0.829. The van der Waals surface area contributed by atoms with E-state index in [1.165, 1.54) is 14.2 Å². The first-order chi connectivity index (χ1) is 10.0. The third-order valence-corrected chi connectivity index (χ3v) is 3.37. The van der Waals surface area contributed by atoms with Gasteiger partial charge in [0.1, 0.15) is 11.5 Å². The highest BCUT2D eigenvalue weighted by atomic mass is 79.9. The van der Waals surface area contributed by atoms with Crippen LogP contribution in [-0.4, -0.2) is 20.1 Å². The number of nitrogen functional groups attached to an aromatic ring is 1. The Kier molecular flexibility index (Phi) is 4.70. The van der Waals surface area contributed by atoms with E-state index in [1.54, 1.807) is 36.4 Å². The summed E-state index contributed by atoms with van der Waals surface area (Å²) in [6, 6.07) is 10.2. The number of nitrogens with one attached hydrogen (secondary N) is 1. The van der Waals surface area contributed by atoms with Gasteiger partial charge in [0, 0.05) is 10.2 Å². The number of amides is 1. The molecule has 0 aromatic heterocycles. The van der Waals surface area contributed by atoms with Gasteiger partial charge in [-0.3, -0.25) is 4.79 Å². The van der Waals surface area contributed by atoms with Crippen LogP contribution in [0.3, 0.4) is 0 Å². The van der Waals surface area contributed by atoms with Crippen LogP contribution in [0.15, 0.2) is 40.9 Å². The topological polar surface area (TPSA) is 73.6 Å². The average molecular weight is 351 g/mol. The molecule has 6 heteroatoms. The molecule has 2 rings (SSSR count). The van der Waals surface area contributed by atoms with Gasteiger partial charge in [0.15, 0.2) is 0 Å². The molecule has 0 aliphatic heterocycles. The molecule has 0 unspecified atom stereocenters. The third-order valence-electron chi connectivity index (χ3n) is 2.88. The minimum atomic E-state index is -0.303. The summed E-state index contributed by atoms with van der Waals surface area (Å²) in [5.41, 5.74) is 7.20. The molecule has 21 heavy (non-hydrogen) atoms. The number of halogens is 1. The summed E-state index contributed by atoms with van der Waals surface area (Å²) in [7, 11) is 3.04. The van der Waals surface area contributed by atoms with Crippen molar-refractivity contribution in [2.45, 2.75) is 0 Å². The molecule has 0 radical (unpaired) electrons.